The minimum absolute atomic E-state index is 0.0400. The van der Waals surface area contributed by atoms with Crippen molar-refractivity contribution in [2.45, 2.75) is 39.3 Å². The second-order valence-corrected chi connectivity index (χ2v) is 8.10. The van der Waals surface area contributed by atoms with Crippen molar-refractivity contribution in [1.82, 2.24) is 19.7 Å². The van der Waals surface area contributed by atoms with Crippen LogP contribution < -0.4 is 16.6 Å². The van der Waals surface area contributed by atoms with E-state index in [4.69, 9.17) is 4.74 Å². The SMILES string of the molecule is Cc1ccc(Cn2c(=O)c(C(=O)NC[C@H]3CCCO3)nn(-c3cccc(C)c3)c2=O)cc1. The first-order valence-electron chi connectivity index (χ1n) is 10.7. The summed E-state index contributed by atoms with van der Waals surface area (Å²) < 4.78 is 7.70. The number of benzene rings is 2. The topological polar surface area (TPSA) is 95.2 Å². The van der Waals surface area contributed by atoms with E-state index in [-0.39, 0.29) is 18.3 Å². The minimum atomic E-state index is -0.718. The maximum atomic E-state index is 13.2. The summed E-state index contributed by atoms with van der Waals surface area (Å²) >= 11 is 0. The molecule has 1 fully saturated rings. The molecule has 0 bridgehead atoms. The van der Waals surface area contributed by atoms with Crippen molar-refractivity contribution in [2.24, 2.45) is 0 Å². The number of nitrogens with one attached hydrogen (secondary N) is 1. The van der Waals surface area contributed by atoms with Crippen LogP contribution in [0.5, 0.6) is 0 Å². The smallest absolute Gasteiger partial charge is 0.352 e. The lowest BCUT2D eigenvalue weighted by Gasteiger charge is -2.14. The number of aryl methyl sites for hydroxylation is 2. The van der Waals surface area contributed by atoms with Crippen LogP contribution in [-0.2, 0) is 11.3 Å². The highest BCUT2D eigenvalue weighted by Gasteiger charge is 2.22. The second kappa shape index (κ2) is 9.32. The first kappa shape index (κ1) is 21.7. The van der Waals surface area contributed by atoms with Gasteiger partial charge in [-0.25, -0.2) is 4.79 Å². The van der Waals surface area contributed by atoms with Crippen LogP contribution in [0.15, 0.2) is 58.1 Å². The molecule has 0 spiro atoms. The summed E-state index contributed by atoms with van der Waals surface area (Å²) in [5.74, 6) is -0.621. The van der Waals surface area contributed by atoms with Gasteiger partial charge in [-0.2, -0.15) is 9.78 Å². The van der Waals surface area contributed by atoms with E-state index in [1.165, 1.54) is 0 Å². The first-order valence-corrected chi connectivity index (χ1v) is 10.7. The molecule has 3 aromatic rings. The maximum absolute atomic E-state index is 13.2. The summed E-state index contributed by atoms with van der Waals surface area (Å²) in [5, 5.41) is 6.90. The zero-order chi connectivity index (χ0) is 22.7. The van der Waals surface area contributed by atoms with Crippen molar-refractivity contribution in [3.63, 3.8) is 0 Å². The van der Waals surface area contributed by atoms with Crippen molar-refractivity contribution >= 4 is 5.91 Å². The third-order valence-electron chi connectivity index (χ3n) is 5.50. The van der Waals surface area contributed by atoms with Crippen molar-refractivity contribution in [3.8, 4) is 5.69 Å². The number of hydrogen-bond donors (Lipinski definition) is 1. The predicted octanol–water partition coefficient (Wildman–Crippen LogP) is 1.97. The molecule has 1 N–H and O–H groups in total. The summed E-state index contributed by atoms with van der Waals surface area (Å²) in [4.78, 5) is 39.2. The Morgan fingerprint density at radius 2 is 1.91 bits per heavy atom. The molecule has 1 saturated heterocycles. The van der Waals surface area contributed by atoms with Crippen molar-refractivity contribution in [1.29, 1.82) is 0 Å². The molecule has 2 heterocycles. The van der Waals surface area contributed by atoms with E-state index in [1.54, 1.807) is 18.2 Å². The lowest BCUT2D eigenvalue weighted by atomic mass is 10.1. The van der Waals surface area contributed by atoms with Crippen LogP contribution in [0, 0.1) is 13.8 Å². The van der Waals surface area contributed by atoms with Crippen LogP contribution >= 0.6 is 0 Å². The summed E-state index contributed by atoms with van der Waals surface area (Å²) in [7, 11) is 0. The summed E-state index contributed by atoms with van der Waals surface area (Å²) in [6, 6.07) is 14.7. The standard InChI is InChI=1S/C24H26N4O4/c1-16-8-10-18(11-9-16)15-27-23(30)21(22(29)25-14-20-7-4-12-32-20)26-28(24(27)31)19-6-3-5-17(2)13-19/h3,5-6,8-11,13,20H,4,7,12,14-15H2,1-2H3,(H,25,29)/t20-/m1/s1. The molecule has 1 aromatic heterocycles. The Bertz CT molecular complexity index is 1240. The highest BCUT2D eigenvalue weighted by atomic mass is 16.5. The van der Waals surface area contributed by atoms with Crippen LogP contribution in [0.25, 0.3) is 5.69 Å². The number of amides is 1. The number of ether oxygens (including phenoxy) is 1. The van der Waals surface area contributed by atoms with Crippen LogP contribution in [0.2, 0.25) is 0 Å². The largest absolute Gasteiger partial charge is 0.376 e. The molecule has 0 radical (unpaired) electrons. The van der Waals surface area contributed by atoms with E-state index in [0.29, 0.717) is 18.8 Å². The Morgan fingerprint density at radius 3 is 2.59 bits per heavy atom. The molecule has 32 heavy (non-hydrogen) atoms. The number of hydrogen-bond acceptors (Lipinski definition) is 5. The molecule has 8 nitrogen and oxygen atoms in total. The number of aromatic nitrogens is 3. The highest BCUT2D eigenvalue weighted by molar-refractivity contribution is 5.91. The molecule has 8 heteroatoms. The molecular weight excluding hydrogens is 408 g/mol. The molecule has 0 unspecified atom stereocenters. The Kier molecular flexibility index (Phi) is 6.32. The van der Waals surface area contributed by atoms with Gasteiger partial charge in [0.1, 0.15) is 0 Å². The van der Waals surface area contributed by atoms with Gasteiger partial charge in [0.2, 0.25) is 5.69 Å². The van der Waals surface area contributed by atoms with Crippen LogP contribution in [0.4, 0.5) is 0 Å². The molecule has 1 atom stereocenters. The fourth-order valence-corrected chi connectivity index (χ4v) is 3.70. The lowest BCUT2D eigenvalue weighted by molar-refractivity contribution is 0.0849. The predicted molar refractivity (Wildman–Crippen MR) is 120 cm³/mol. The van der Waals surface area contributed by atoms with Gasteiger partial charge in [0.25, 0.3) is 11.5 Å². The van der Waals surface area contributed by atoms with Crippen molar-refractivity contribution in [2.75, 3.05) is 13.2 Å². The van der Waals surface area contributed by atoms with Gasteiger partial charge in [-0.1, -0.05) is 42.0 Å². The molecule has 0 aliphatic carbocycles. The Balaban J connectivity index is 1.76. The van der Waals surface area contributed by atoms with Crippen LogP contribution in [-0.4, -0.2) is 39.5 Å². The molecular formula is C24H26N4O4. The maximum Gasteiger partial charge on any atom is 0.352 e. The van der Waals surface area contributed by atoms with E-state index in [9.17, 15) is 14.4 Å². The summed E-state index contributed by atoms with van der Waals surface area (Å²) in [6.07, 6.45) is 1.73. The zero-order valence-electron chi connectivity index (χ0n) is 18.2. The third kappa shape index (κ3) is 4.70. The fraction of sp³-hybridized carbons (Fsp3) is 0.333. The fourth-order valence-electron chi connectivity index (χ4n) is 3.70. The van der Waals surface area contributed by atoms with Gasteiger partial charge in [0, 0.05) is 13.2 Å². The number of rotatable bonds is 6. The van der Waals surface area contributed by atoms with Gasteiger partial charge in [0.15, 0.2) is 0 Å². The van der Waals surface area contributed by atoms with E-state index in [2.05, 4.69) is 10.4 Å². The average molecular weight is 434 g/mol. The van der Waals surface area contributed by atoms with Gasteiger partial charge >= 0.3 is 5.69 Å². The van der Waals surface area contributed by atoms with E-state index < -0.39 is 17.2 Å². The molecule has 1 amide bonds. The van der Waals surface area contributed by atoms with E-state index in [1.807, 2.05) is 44.2 Å². The van der Waals surface area contributed by atoms with E-state index >= 15 is 0 Å². The summed E-state index contributed by atoms with van der Waals surface area (Å²) in [6.45, 7) is 4.86. The number of carbonyl (C=O) groups is 1. The molecule has 4 rings (SSSR count). The van der Waals surface area contributed by atoms with Crippen LogP contribution in [0.3, 0.4) is 0 Å². The Labute approximate surface area is 185 Å². The lowest BCUT2D eigenvalue weighted by Crippen LogP contribution is -2.46. The third-order valence-corrected chi connectivity index (χ3v) is 5.50. The molecule has 166 valence electrons. The van der Waals surface area contributed by atoms with E-state index in [0.717, 1.165) is 38.8 Å². The molecule has 1 aliphatic rings. The van der Waals surface area contributed by atoms with Gasteiger partial charge in [-0.15, -0.1) is 0 Å². The zero-order valence-corrected chi connectivity index (χ0v) is 18.2. The Morgan fingerprint density at radius 1 is 1.12 bits per heavy atom. The van der Waals surface area contributed by atoms with Gasteiger partial charge in [-0.3, -0.25) is 14.2 Å². The average Bonchev–Trinajstić information content (AvgIpc) is 3.30. The monoisotopic (exact) mass is 434 g/mol. The molecule has 1 aliphatic heterocycles. The highest BCUT2D eigenvalue weighted by Crippen LogP contribution is 2.11. The van der Waals surface area contributed by atoms with Crippen LogP contribution in [0.1, 0.15) is 40.0 Å². The van der Waals surface area contributed by atoms with Gasteiger partial charge < -0.3 is 10.1 Å². The molecule has 0 saturated carbocycles. The number of nitrogens with zero attached hydrogens (tertiary/aromatic N) is 3. The van der Waals surface area contributed by atoms with Crippen molar-refractivity contribution in [3.05, 3.63) is 91.8 Å². The van der Waals surface area contributed by atoms with Crippen molar-refractivity contribution < 1.29 is 9.53 Å². The normalized spacial score (nSPS) is 15.6. The minimum Gasteiger partial charge on any atom is -0.376 e. The second-order valence-electron chi connectivity index (χ2n) is 8.10. The van der Waals surface area contributed by atoms with Gasteiger partial charge in [0.05, 0.1) is 18.3 Å². The number of carbonyl (C=O) groups excluding carboxylic acids is 1. The molecule has 2 aromatic carbocycles. The summed E-state index contributed by atoms with van der Waals surface area (Å²) in [5.41, 5.74) is 1.62. The first-order chi connectivity index (χ1) is 15.4. The quantitative estimate of drug-likeness (QED) is 0.640. The Hall–Kier alpha value is -3.52. The van der Waals surface area contributed by atoms with Gasteiger partial charge in [-0.05, 0) is 49.9 Å².